The summed E-state index contributed by atoms with van der Waals surface area (Å²) in [5.74, 6) is -0.0532. The molecule has 26 heavy (non-hydrogen) atoms. The number of phenols is 1. The highest BCUT2D eigenvalue weighted by Gasteiger charge is 2.10. The number of nitrogens with zero attached hydrogens (tertiary/aromatic N) is 2. The van der Waals surface area contributed by atoms with Crippen LogP contribution in [-0.4, -0.2) is 40.1 Å². The van der Waals surface area contributed by atoms with E-state index in [0.29, 0.717) is 10.7 Å². The van der Waals surface area contributed by atoms with Gasteiger partial charge in [-0.1, -0.05) is 35.5 Å². The number of ether oxygens (including phenoxy) is 1. The third-order valence-corrected chi connectivity index (χ3v) is 4.70. The van der Waals surface area contributed by atoms with Crippen LogP contribution in [0.25, 0.3) is 11.0 Å². The highest BCUT2D eigenvalue weighted by atomic mass is 35.5. The Balaban J connectivity index is 1.55. The van der Waals surface area contributed by atoms with Gasteiger partial charge in [-0.3, -0.25) is 4.79 Å². The second kappa shape index (κ2) is 8.11. The molecule has 7 nitrogen and oxygen atoms in total. The molecule has 9 heteroatoms. The number of rotatable bonds is 6. The van der Waals surface area contributed by atoms with Gasteiger partial charge in [-0.05, 0) is 24.3 Å². The van der Waals surface area contributed by atoms with Crippen molar-refractivity contribution < 1.29 is 14.6 Å². The van der Waals surface area contributed by atoms with Crippen molar-refractivity contribution in [1.82, 2.24) is 15.4 Å². The lowest BCUT2D eigenvalue weighted by molar-refractivity contribution is -0.118. The molecule has 3 N–H and O–H groups in total. The van der Waals surface area contributed by atoms with Gasteiger partial charge in [0.1, 0.15) is 0 Å². The fourth-order valence-electron chi connectivity index (χ4n) is 2.16. The summed E-state index contributed by atoms with van der Waals surface area (Å²) in [6.45, 7) is 0. The van der Waals surface area contributed by atoms with Crippen molar-refractivity contribution in [2.45, 2.75) is 5.16 Å². The van der Waals surface area contributed by atoms with Crippen LogP contribution < -0.4 is 10.2 Å². The molecule has 0 aliphatic carbocycles. The summed E-state index contributed by atoms with van der Waals surface area (Å²) in [7, 11) is 1.43. The molecule has 134 valence electrons. The zero-order valence-corrected chi connectivity index (χ0v) is 15.3. The van der Waals surface area contributed by atoms with Crippen LogP contribution in [0.1, 0.15) is 5.56 Å². The maximum atomic E-state index is 11.9. The number of methoxy groups -OCH3 is 1. The molecule has 2 aromatic carbocycles. The van der Waals surface area contributed by atoms with Gasteiger partial charge >= 0.3 is 0 Å². The van der Waals surface area contributed by atoms with Gasteiger partial charge in [-0.15, -0.1) is 0 Å². The summed E-state index contributed by atoms with van der Waals surface area (Å²) < 4.78 is 4.96. The van der Waals surface area contributed by atoms with Crippen LogP contribution in [0.4, 0.5) is 0 Å². The van der Waals surface area contributed by atoms with Crippen LogP contribution in [0.3, 0.4) is 0 Å². The molecule has 1 heterocycles. The molecule has 0 atom stereocenters. The Labute approximate surface area is 158 Å². The molecule has 0 fully saturated rings. The Morgan fingerprint density at radius 1 is 1.42 bits per heavy atom. The molecule has 0 radical (unpaired) electrons. The van der Waals surface area contributed by atoms with Gasteiger partial charge in [0.2, 0.25) is 0 Å². The van der Waals surface area contributed by atoms with Crippen LogP contribution in [0.2, 0.25) is 5.02 Å². The number of hydrazone groups is 1. The lowest BCUT2D eigenvalue weighted by Crippen LogP contribution is -2.19. The number of benzene rings is 2. The number of aromatic nitrogens is 2. The number of nitrogens with one attached hydrogen (secondary N) is 2. The molecule has 3 rings (SSSR count). The lowest BCUT2D eigenvalue weighted by Gasteiger charge is -2.06. The van der Waals surface area contributed by atoms with E-state index in [-0.39, 0.29) is 28.2 Å². The number of thioether (sulfide) groups is 1. The van der Waals surface area contributed by atoms with E-state index < -0.39 is 0 Å². The van der Waals surface area contributed by atoms with E-state index in [1.165, 1.54) is 25.1 Å². The fourth-order valence-corrected chi connectivity index (χ4v) is 3.05. The van der Waals surface area contributed by atoms with Gasteiger partial charge in [0, 0.05) is 5.56 Å². The third kappa shape index (κ3) is 4.09. The molecule has 0 spiro atoms. The van der Waals surface area contributed by atoms with Crippen LogP contribution >= 0.6 is 23.4 Å². The molecule has 0 saturated heterocycles. The van der Waals surface area contributed by atoms with Crippen LogP contribution in [0.5, 0.6) is 11.5 Å². The van der Waals surface area contributed by atoms with Crippen molar-refractivity contribution in [3.05, 3.63) is 47.0 Å². The van der Waals surface area contributed by atoms with Gasteiger partial charge in [-0.2, -0.15) is 5.10 Å². The van der Waals surface area contributed by atoms with E-state index in [4.69, 9.17) is 16.3 Å². The highest BCUT2D eigenvalue weighted by molar-refractivity contribution is 7.99. The van der Waals surface area contributed by atoms with Crippen molar-refractivity contribution in [2.24, 2.45) is 5.10 Å². The van der Waals surface area contributed by atoms with E-state index in [0.717, 1.165) is 11.0 Å². The number of hydrogen-bond acceptors (Lipinski definition) is 6. The number of aromatic amines is 1. The normalized spacial score (nSPS) is 11.2. The van der Waals surface area contributed by atoms with Crippen molar-refractivity contribution in [3.63, 3.8) is 0 Å². The average Bonchev–Trinajstić information content (AvgIpc) is 3.06. The van der Waals surface area contributed by atoms with E-state index in [2.05, 4.69) is 20.5 Å². The number of carbonyl (C=O) groups excluding carboxylic acids is 1. The Morgan fingerprint density at radius 3 is 3.00 bits per heavy atom. The molecule has 0 unspecified atom stereocenters. The minimum absolute atomic E-state index is 0.0963. The number of amides is 1. The van der Waals surface area contributed by atoms with E-state index in [1.54, 1.807) is 12.1 Å². The number of carbonyl (C=O) groups is 1. The number of halogens is 1. The zero-order valence-electron chi connectivity index (χ0n) is 13.7. The van der Waals surface area contributed by atoms with Gasteiger partial charge in [0.25, 0.3) is 5.91 Å². The number of phenolic OH excluding ortho intramolecular Hbond substituents is 1. The SMILES string of the molecule is COc1ccc(/C=N\NC(=O)CSc2nc3ccccc3[nH]2)c(Cl)c1O. The van der Waals surface area contributed by atoms with E-state index in [9.17, 15) is 9.90 Å². The fraction of sp³-hybridized carbons (Fsp3) is 0.118. The van der Waals surface area contributed by atoms with E-state index >= 15 is 0 Å². The topological polar surface area (TPSA) is 99.6 Å². The van der Waals surface area contributed by atoms with E-state index in [1.807, 2.05) is 24.3 Å². The smallest absolute Gasteiger partial charge is 0.250 e. The van der Waals surface area contributed by atoms with Crippen molar-refractivity contribution >= 4 is 46.5 Å². The average molecular weight is 391 g/mol. The number of imidazole rings is 1. The summed E-state index contributed by atoms with van der Waals surface area (Å²) in [5.41, 5.74) is 4.63. The third-order valence-electron chi connectivity index (χ3n) is 3.43. The molecular formula is C17H15ClN4O3S. The minimum atomic E-state index is -0.291. The predicted molar refractivity (Wildman–Crippen MR) is 102 cm³/mol. The van der Waals surface area contributed by atoms with Crippen molar-refractivity contribution in [1.29, 1.82) is 0 Å². The molecule has 0 bridgehead atoms. The van der Waals surface area contributed by atoms with Crippen LogP contribution in [0.15, 0.2) is 46.7 Å². The quantitative estimate of drug-likeness (QED) is 0.341. The molecule has 1 aromatic heterocycles. The Hall–Kier alpha value is -2.71. The molecule has 0 aliphatic heterocycles. The maximum absolute atomic E-state index is 11.9. The van der Waals surface area contributed by atoms with Crippen molar-refractivity contribution in [3.8, 4) is 11.5 Å². The number of hydrogen-bond donors (Lipinski definition) is 3. The molecule has 0 aliphatic rings. The predicted octanol–water partition coefficient (Wildman–Crippen LogP) is 3.17. The summed E-state index contributed by atoms with van der Waals surface area (Å²) in [6.07, 6.45) is 1.35. The first-order valence-corrected chi connectivity index (χ1v) is 8.89. The minimum Gasteiger partial charge on any atom is -0.503 e. The summed E-state index contributed by atoms with van der Waals surface area (Å²) in [6, 6.07) is 10.8. The molecule has 1 amide bonds. The molecule has 3 aromatic rings. The maximum Gasteiger partial charge on any atom is 0.250 e. The lowest BCUT2D eigenvalue weighted by atomic mass is 10.2. The molecular weight excluding hydrogens is 376 g/mol. The van der Waals surface area contributed by atoms with Gasteiger partial charge in [0.05, 0.1) is 35.1 Å². The Kier molecular flexibility index (Phi) is 5.65. The summed E-state index contributed by atoms with van der Waals surface area (Å²) >= 11 is 7.30. The summed E-state index contributed by atoms with van der Waals surface area (Å²) in [5, 5.41) is 14.4. The number of aromatic hydroxyl groups is 1. The molecule has 0 saturated carbocycles. The monoisotopic (exact) mass is 390 g/mol. The van der Waals surface area contributed by atoms with Crippen LogP contribution in [0, 0.1) is 0 Å². The Morgan fingerprint density at radius 2 is 2.23 bits per heavy atom. The first-order chi connectivity index (χ1) is 12.6. The second-order valence-corrected chi connectivity index (χ2v) is 6.50. The van der Waals surface area contributed by atoms with Gasteiger partial charge in [0.15, 0.2) is 16.7 Å². The van der Waals surface area contributed by atoms with Crippen molar-refractivity contribution in [2.75, 3.05) is 12.9 Å². The highest BCUT2D eigenvalue weighted by Crippen LogP contribution is 2.35. The van der Waals surface area contributed by atoms with Crippen LogP contribution in [-0.2, 0) is 4.79 Å². The zero-order chi connectivity index (χ0) is 18.5. The first kappa shape index (κ1) is 18.1. The summed E-state index contributed by atoms with van der Waals surface area (Å²) in [4.78, 5) is 19.4. The number of para-hydroxylation sites is 2. The largest absolute Gasteiger partial charge is 0.503 e. The van der Waals surface area contributed by atoms with Gasteiger partial charge < -0.3 is 14.8 Å². The Bertz CT molecular complexity index is 941. The first-order valence-electron chi connectivity index (χ1n) is 7.53. The number of fused-ring (bicyclic) bond motifs is 1. The van der Waals surface area contributed by atoms with Gasteiger partial charge in [-0.25, -0.2) is 10.4 Å². The number of H-pyrrole nitrogens is 1. The second-order valence-electron chi connectivity index (χ2n) is 5.16. The standard InChI is InChI=1S/C17H15ClN4O3S/c1-25-13-7-6-10(15(18)16(13)24)8-19-22-14(23)9-26-17-20-11-4-2-3-5-12(11)21-17/h2-8,24H,9H2,1H3,(H,20,21)(H,22,23)/b19-8-.